The van der Waals surface area contributed by atoms with E-state index in [1.54, 1.807) is 0 Å². The van der Waals surface area contributed by atoms with E-state index in [4.69, 9.17) is 0 Å². The Hall–Kier alpha value is -0.820. The monoisotopic (exact) mass is 160 g/mol. The molecule has 1 aliphatic rings. The van der Waals surface area contributed by atoms with Gasteiger partial charge in [0.05, 0.1) is 0 Å². The Morgan fingerprint density at radius 3 is 3.00 bits per heavy atom. The molecule has 1 atom stereocenters. The largest absolute Gasteiger partial charge is 0.658 e. The van der Waals surface area contributed by atoms with Crippen LogP contribution in [0, 0.1) is 0 Å². The Balaban J connectivity index is 2.37. The molecular weight excluding hydrogens is 146 g/mol. The SMILES string of the molecule is C[N-][C@@H]1CCCc2ccccc21. The van der Waals surface area contributed by atoms with Gasteiger partial charge in [-0.2, -0.15) is 7.05 Å². The van der Waals surface area contributed by atoms with E-state index in [1.807, 2.05) is 7.05 Å². The third-order valence-corrected chi connectivity index (χ3v) is 2.65. The molecule has 1 aromatic carbocycles. The first-order valence-electron chi connectivity index (χ1n) is 4.58. The van der Waals surface area contributed by atoms with Gasteiger partial charge in [-0.1, -0.05) is 42.7 Å². The summed E-state index contributed by atoms with van der Waals surface area (Å²) in [6.07, 6.45) is 3.76. The Kier molecular flexibility index (Phi) is 2.13. The second-order valence-electron chi connectivity index (χ2n) is 3.37. The zero-order valence-corrected chi connectivity index (χ0v) is 7.46. The summed E-state index contributed by atoms with van der Waals surface area (Å²) in [7, 11) is 1.92. The van der Waals surface area contributed by atoms with Gasteiger partial charge < -0.3 is 5.32 Å². The minimum absolute atomic E-state index is 0.468. The van der Waals surface area contributed by atoms with Crippen molar-refractivity contribution in [2.45, 2.75) is 25.3 Å². The maximum Gasteiger partial charge on any atom is -0.0277 e. The van der Waals surface area contributed by atoms with Gasteiger partial charge in [0, 0.05) is 0 Å². The van der Waals surface area contributed by atoms with Crippen LogP contribution in [0.25, 0.3) is 5.32 Å². The highest BCUT2D eigenvalue weighted by Crippen LogP contribution is 2.33. The molecular formula is C11H14N-. The summed E-state index contributed by atoms with van der Waals surface area (Å²) in [5.41, 5.74) is 2.95. The molecule has 1 aliphatic carbocycles. The van der Waals surface area contributed by atoms with Gasteiger partial charge in [0.1, 0.15) is 0 Å². The molecule has 0 aliphatic heterocycles. The number of benzene rings is 1. The van der Waals surface area contributed by atoms with E-state index < -0.39 is 0 Å². The van der Waals surface area contributed by atoms with Gasteiger partial charge in [0.15, 0.2) is 0 Å². The summed E-state index contributed by atoms with van der Waals surface area (Å²) in [6.45, 7) is 0. The van der Waals surface area contributed by atoms with Crippen molar-refractivity contribution in [1.29, 1.82) is 0 Å². The summed E-state index contributed by atoms with van der Waals surface area (Å²) in [4.78, 5) is 0. The van der Waals surface area contributed by atoms with E-state index >= 15 is 0 Å². The quantitative estimate of drug-likeness (QED) is 0.599. The van der Waals surface area contributed by atoms with Crippen LogP contribution < -0.4 is 0 Å². The minimum Gasteiger partial charge on any atom is -0.658 e. The molecule has 1 heteroatoms. The van der Waals surface area contributed by atoms with Crippen LogP contribution in [0.15, 0.2) is 24.3 Å². The Labute approximate surface area is 73.8 Å². The van der Waals surface area contributed by atoms with E-state index in [9.17, 15) is 0 Å². The topological polar surface area (TPSA) is 14.1 Å². The van der Waals surface area contributed by atoms with Gasteiger partial charge in [-0.25, -0.2) is 0 Å². The minimum atomic E-state index is 0.468. The normalized spacial score (nSPS) is 21.9. The van der Waals surface area contributed by atoms with Crippen LogP contribution in [-0.4, -0.2) is 7.05 Å². The maximum atomic E-state index is 4.39. The van der Waals surface area contributed by atoms with Crippen molar-refractivity contribution in [1.82, 2.24) is 0 Å². The summed E-state index contributed by atoms with van der Waals surface area (Å²) in [6, 6.07) is 9.15. The molecule has 0 bridgehead atoms. The van der Waals surface area contributed by atoms with Gasteiger partial charge in [-0.05, 0) is 12.0 Å². The molecule has 1 nitrogen and oxygen atoms in total. The van der Waals surface area contributed by atoms with Gasteiger partial charge in [-0.15, -0.1) is 6.04 Å². The molecule has 12 heavy (non-hydrogen) atoms. The molecule has 0 radical (unpaired) electrons. The first kappa shape index (κ1) is 7.81. The average Bonchev–Trinajstić information content (AvgIpc) is 2.17. The molecule has 0 aromatic heterocycles. The van der Waals surface area contributed by atoms with Crippen molar-refractivity contribution in [3.05, 3.63) is 40.7 Å². The lowest BCUT2D eigenvalue weighted by Crippen LogP contribution is -2.07. The molecule has 2 rings (SSSR count). The van der Waals surface area contributed by atoms with Crippen molar-refractivity contribution in [3.8, 4) is 0 Å². The number of hydrogen-bond acceptors (Lipinski definition) is 0. The highest BCUT2D eigenvalue weighted by atomic mass is 14.9. The number of nitrogens with zero attached hydrogens (tertiary/aromatic N) is 1. The first-order valence-corrected chi connectivity index (χ1v) is 4.58. The zero-order valence-electron chi connectivity index (χ0n) is 7.46. The van der Waals surface area contributed by atoms with Crippen LogP contribution in [0.1, 0.15) is 30.0 Å². The summed E-state index contributed by atoms with van der Waals surface area (Å²) >= 11 is 0. The predicted octanol–water partition coefficient (Wildman–Crippen LogP) is 3.07. The molecule has 0 amide bonds. The van der Waals surface area contributed by atoms with E-state index in [0.717, 1.165) is 0 Å². The molecule has 0 saturated carbocycles. The molecule has 0 saturated heterocycles. The zero-order chi connectivity index (χ0) is 8.39. The van der Waals surface area contributed by atoms with Crippen LogP contribution >= 0.6 is 0 Å². The van der Waals surface area contributed by atoms with E-state index in [1.165, 1.54) is 30.4 Å². The van der Waals surface area contributed by atoms with Crippen LogP contribution in [0.5, 0.6) is 0 Å². The van der Waals surface area contributed by atoms with Crippen molar-refractivity contribution in [2.24, 2.45) is 0 Å². The smallest absolute Gasteiger partial charge is 0.0277 e. The summed E-state index contributed by atoms with van der Waals surface area (Å²) in [5.74, 6) is 0. The van der Waals surface area contributed by atoms with E-state index in [-0.39, 0.29) is 0 Å². The fourth-order valence-corrected chi connectivity index (χ4v) is 2.00. The lowest BCUT2D eigenvalue weighted by atomic mass is 9.88. The van der Waals surface area contributed by atoms with Crippen LogP contribution in [0.2, 0.25) is 0 Å². The van der Waals surface area contributed by atoms with Crippen molar-refractivity contribution in [3.63, 3.8) is 0 Å². The van der Waals surface area contributed by atoms with E-state index in [2.05, 4.69) is 29.6 Å². The fourth-order valence-electron chi connectivity index (χ4n) is 2.00. The van der Waals surface area contributed by atoms with Crippen LogP contribution in [0.4, 0.5) is 0 Å². The highest BCUT2D eigenvalue weighted by Gasteiger charge is 2.11. The molecule has 0 unspecified atom stereocenters. The third kappa shape index (κ3) is 1.25. The lowest BCUT2D eigenvalue weighted by molar-refractivity contribution is 0.613. The van der Waals surface area contributed by atoms with Crippen molar-refractivity contribution < 1.29 is 0 Å². The summed E-state index contributed by atoms with van der Waals surface area (Å²) < 4.78 is 0. The van der Waals surface area contributed by atoms with Crippen molar-refractivity contribution >= 4 is 0 Å². The molecule has 0 N–H and O–H groups in total. The van der Waals surface area contributed by atoms with Gasteiger partial charge in [0.2, 0.25) is 0 Å². The highest BCUT2D eigenvalue weighted by molar-refractivity contribution is 5.34. The number of aryl methyl sites for hydroxylation is 1. The second-order valence-corrected chi connectivity index (χ2v) is 3.37. The molecule has 64 valence electrons. The van der Waals surface area contributed by atoms with Crippen LogP contribution in [-0.2, 0) is 6.42 Å². The van der Waals surface area contributed by atoms with Gasteiger partial charge >= 0.3 is 0 Å². The fraction of sp³-hybridized carbons (Fsp3) is 0.455. The Morgan fingerprint density at radius 2 is 2.17 bits per heavy atom. The average molecular weight is 160 g/mol. The van der Waals surface area contributed by atoms with Crippen LogP contribution in [0.3, 0.4) is 0 Å². The number of rotatable bonds is 1. The first-order chi connectivity index (χ1) is 5.92. The lowest BCUT2D eigenvalue weighted by Gasteiger charge is -2.34. The third-order valence-electron chi connectivity index (χ3n) is 2.65. The number of hydrogen-bond donors (Lipinski definition) is 0. The maximum absolute atomic E-state index is 4.39. The van der Waals surface area contributed by atoms with Gasteiger partial charge in [-0.3, -0.25) is 0 Å². The molecule has 0 fully saturated rings. The van der Waals surface area contributed by atoms with E-state index in [0.29, 0.717) is 6.04 Å². The summed E-state index contributed by atoms with van der Waals surface area (Å²) in [5, 5.41) is 4.39. The van der Waals surface area contributed by atoms with Crippen molar-refractivity contribution in [2.75, 3.05) is 7.05 Å². The second kappa shape index (κ2) is 3.28. The number of fused-ring (bicyclic) bond motifs is 1. The Morgan fingerprint density at radius 1 is 1.33 bits per heavy atom. The predicted molar refractivity (Wildman–Crippen MR) is 51.4 cm³/mol. The molecule has 1 aromatic rings. The standard InChI is InChI=1S/C11H14N/c1-12-11-8-4-6-9-5-2-3-7-10(9)11/h2-3,5,7,11H,4,6,8H2,1H3/q-1/t11-/m1/s1. The molecule has 0 heterocycles. The van der Waals surface area contributed by atoms with Gasteiger partial charge in [0.25, 0.3) is 0 Å². The molecule has 0 spiro atoms. The Bertz CT molecular complexity index is 267.